The third-order valence-electron chi connectivity index (χ3n) is 7.71. The van der Waals surface area contributed by atoms with E-state index >= 15 is 0 Å². The van der Waals surface area contributed by atoms with Gasteiger partial charge in [0, 0.05) is 38.1 Å². The van der Waals surface area contributed by atoms with E-state index in [1.165, 1.54) is 0 Å². The van der Waals surface area contributed by atoms with E-state index in [4.69, 9.17) is 23.8 Å². The van der Waals surface area contributed by atoms with Crippen molar-refractivity contribution in [3.63, 3.8) is 0 Å². The summed E-state index contributed by atoms with van der Waals surface area (Å²) >= 11 is 12.0. The van der Waals surface area contributed by atoms with Crippen molar-refractivity contribution in [2.24, 2.45) is 0 Å². The largest absolute Gasteiger partial charge is 0.358 e. The summed E-state index contributed by atoms with van der Waals surface area (Å²) in [4.78, 5) is 31.2. The molecule has 2 N–H and O–H groups in total. The van der Waals surface area contributed by atoms with E-state index in [0.717, 1.165) is 33.9 Å². The zero-order chi connectivity index (χ0) is 29.5. The first-order valence-corrected chi connectivity index (χ1v) is 15.0. The molecule has 42 heavy (non-hydrogen) atoms. The van der Waals surface area contributed by atoms with Gasteiger partial charge in [-0.3, -0.25) is 9.59 Å². The maximum Gasteiger partial charge on any atom is 0.245 e. The van der Waals surface area contributed by atoms with Gasteiger partial charge in [0.2, 0.25) is 11.8 Å². The van der Waals surface area contributed by atoms with Gasteiger partial charge in [-0.15, -0.1) is 0 Å². The number of nitrogens with one attached hydrogen (secondary N) is 2. The van der Waals surface area contributed by atoms with Gasteiger partial charge in [-0.2, -0.15) is 0 Å². The van der Waals surface area contributed by atoms with Crippen LogP contribution in [0.25, 0.3) is 10.8 Å². The molecule has 0 aliphatic carbocycles. The van der Waals surface area contributed by atoms with Gasteiger partial charge in [-0.1, -0.05) is 103 Å². The summed E-state index contributed by atoms with van der Waals surface area (Å²) in [6.07, 6.45) is 1.89. The minimum absolute atomic E-state index is 0.135. The van der Waals surface area contributed by atoms with Gasteiger partial charge >= 0.3 is 0 Å². The van der Waals surface area contributed by atoms with Crippen LogP contribution in [-0.4, -0.2) is 52.4 Å². The van der Waals surface area contributed by atoms with Crippen LogP contribution in [-0.2, 0) is 29.1 Å². The topological polar surface area (TPSA) is 64.7 Å². The normalized spacial score (nSPS) is 15.3. The number of nitrogens with zero attached hydrogens (tertiary/aromatic N) is 2. The Balaban J connectivity index is 1.31. The number of amides is 2. The highest BCUT2D eigenvalue weighted by molar-refractivity contribution is 7.80. The summed E-state index contributed by atoms with van der Waals surface area (Å²) in [5, 5.41) is 9.78. The molecule has 1 saturated heterocycles. The number of carbonyl (C=O) groups is 2. The third kappa shape index (κ3) is 7.27. The van der Waals surface area contributed by atoms with E-state index in [-0.39, 0.29) is 11.8 Å². The highest BCUT2D eigenvalue weighted by atomic mass is 35.5. The number of fused-ring (bicyclic) bond motifs is 1. The maximum atomic E-state index is 13.8. The van der Waals surface area contributed by atoms with Crippen molar-refractivity contribution in [1.29, 1.82) is 0 Å². The van der Waals surface area contributed by atoms with E-state index in [2.05, 4.69) is 34.9 Å². The second kappa shape index (κ2) is 13.8. The number of halogens is 1. The first-order chi connectivity index (χ1) is 20.4. The highest BCUT2D eigenvalue weighted by Crippen LogP contribution is 2.21. The van der Waals surface area contributed by atoms with Crippen molar-refractivity contribution in [1.82, 2.24) is 20.4 Å². The molecule has 1 aliphatic heterocycles. The zero-order valence-corrected chi connectivity index (χ0v) is 25.2. The predicted octanol–water partition coefficient (Wildman–Crippen LogP) is 5.72. The van der Waals surface area contributed by atoms with E-state index in [0.29, 0.717) is 42.6 Å². The Kier molecular flexibility index (Phi) is 9.72. The lowest BCUT2D eigenvalue weighted by Crippen LogP contribution is -2.55. The highest BCUT2D eigenvalue weighted by Gasteiger charge is 2.35. The SMILES string of the molecule is CN(Cc1ccccc1)C(=O)C(Cc1ccc2ccccc2c1)NC(=O)C1CCCN1C(=S)NCc1ccccc1Cl. The van der Waals surface area contributed by atoms with E-state index in [1.54, 1.807) is 11.9 Å². The standard InChI is InChI=1S/C34H35ClN4O2S/c1-38(23-24-10-3-2-4-11-24)33(41)30(21-25-17-18-26-12-5-6-13-27(26)20-25)37-32(40)31-16-9-19-39(31)34(42)36-22-28-14-7-8-15-29(28)35/h2-8,10-15,17-18,20,30-31H,9,16,19,21-23H2,1H3,(H,36,42)(H,37,40). The predicted molar refractivity (Wildman–Crippen MR) is 173 cm³/mol. The van der Waals surface area contributed by atoms with E-state index in [1.807, 2.05) is 77.7 Å². The summed E-state index contributed by atoms with van der Waals surface area (Å²) in [5.41, 5.74) is 2.95. The van der Waals surface area contributed by atoms with Gasteiger partial charge in [-0.25, -0.2) is 0 Å². The van der Waals surface area contributed by atoms with Crippen molar-refractivity contribution in [3.05, 3.63) is 119 Å². The fourth-order valence-electron chi connectivity index (χ4n) is 5.47. The minimum Gasteiger partial charge on any atom is -0.358 e. The molecule has 4 aromatic carbocycles. The average molecular weight is 599 g/mol. The molecule has 2 amide bonds. The second-order valence-corrected chi connectivity index (χ2v) is 11.5. The quantitative estimate of drug-likeness (QED) is 0.241. The molecule has 8 heteroatoms. The summed E-state index contributed by atoms with van der Waals surface area (Å²) in [6.45, 7) is 1.59. The van der Waals surface area contributed by atoms with Crippen LogP contribution in [0.5, 0.6) is 0 Å². The third-order valence-corrected chi connectivity index (χ3v) is 8.46. The van der Waals surface area contributed by atoms with Crippen LogP contribution in [0.3, 0.4) is 0 Å². The van der Waals surface area contributed by atoms with Crippen LogP contribution in [0, 0.1) is 0 Å². The Labute approximate surface area is 257 Å². The van der Waals surface area contributed by atoms with Crippen molar-refractivity contribution in [2.45, 2.75) is 44.4 Å². The molecule has 4 aromatic rings. The van der Waals surface area contributed by atoms with Crippen LogP contribution in [0.2, 0.25) is 5.02 Å². The molecular weight excluding hydrogens is 564 g/mol. The Morgan fingerprint density at radius 2 is 1.67 bits per heavy atom. The number of thiocarbonyl (C=S) groups is 1. The maximum absolute atomic E-state index is 13.8. The first kappa shape index (κ1) is 29.5. The summed E-state index contributed by atoms with van der Waals surface area (Å²) < 4.78 is 0. The van der Waals surface area contributed by atoms with Crippen molar-refractivity contribution in [3.8, 4) is 0 Å². The van der Waals surface area contributed by atoms with Gasteiger partial charge in [0.15, 0.2) is 5.11 Å². The molecule has 1 aliphatic rings. The number of benzene rings is 4. The molecule has 1 fully saturated rings. The molecule has 2 atom stereocenters. The van der Waals surface area contributed by atoms with Gasteiger partial charge in [-0.05, 0) is 58.6 Å². The Bertz CT molecular complexity index is 1560. The smallest absolute Gasteiger partial charge is 0.245 e. The molecule has 216 valence electrons. The number of likely N-dealkylation sites (tertiary alicyclic amines) is 1. The van der Waals surface area contributed by atoms with Crippen molar-refractivity contribution >= 4 is 51.5 Å². The molecule has 6 nitrogen and oxygen atoms in total. The molecule has 0 spiro atoms. The monoisotopic (exact) mass is 598 g/mol. The summed E-state index contributed by atoms with van der Waals surface area (Å²) in [6, 6.07) is 30.6. The number of rotatable bonds is 9. The summed E-state index contributed by atoms with van der Waals surface area (Å²) in [7, 11) is 1.78. The lowest BCUT2D eigenvalue weighted by Gasteiger charge is -2.30. The molecule has 0 radical (unpaired) electrons. The van der Waals surface area contributed by atoms with Crippen molar-refractivity contribution in [2.75, 3.05) is 13.6 Å². The molecule has 0 saturated carbocycles. The molecule has 0 aromatic heterocycles. The van der Waals surface area contributed by atoms with Crippen LogP contribution >= 0.6 is 23.8 Å². The van der Waals surface area contributed by atoms with Gasteiger partial charge in [0.1, 0.15) is 12.1 Å². The lowest BCUT2D eigenvalue weighted by molar-refractivity contribution is -0.136. The molecule has 2 unspecified atom stereocenters. The minimum atomic E-state index is -0.723. The fourth-order valence-corrected chi connectivity index (χ4v) is 5.96. The lowest BCUT2D eigenvalue weighted by atomic mass is 10.00. The Morgan fingerprint density at radius 3 is 2.45 bits per heavy atom. The van der Waals surface area contributed by atoms with Crippen LogP contribution in [0.4, 0.5) is 0 Å². The average Bonchev–Trinajstić information content (AvgIpc) is 3.51. The van der Waals surface area contributed by atoms with Gasteiger partial charge in [0.05, 0.1) is 0 Å². The van der Waals surface area contributed by atoms with Crippen molar-refractivity contribution < 1.29 is 9.59 Å². The summed E-state index contributed by atoms with van der Waals surface area (Å²) in [5.74, 6) is -0.328. The second-order valence-electron chi connectivity index (χ2n) is 10.7. The number of carbonyl (C=O) groups excluding carboxylic acids is 2. The van der Waals surface area contributed by atoms with Crippen LogP contribution < -0.4 is 10.6 Å². The van der Waals surface area contributed by atoms with E-state index < -0.39 is 12.1 Å². The molecule has 1 heterocycles. The zero-order valence-electron chi connectivity index (χ0n) is 23.6. The van der Waals surface area contributed by atoms with Gasteiger partial charge in [0.25, 0.3) is 0 Å². The molecular formula is C34H35ClN4O2S. The fraction of sp³-hybridized carbons (Fsp3) is 0.265. The molecule has 0 bridgehead atoms. The Hall–Kier alpha value is -3.94. The number of hydrogen-bond donors (Lipinski definition) is 2. The number of hydrogen-bond acceptors (Lipinski definition) is 3. The number of likely N-dealkylation sites (N-methyl/N-ethyl adjacent to an activating group) is 1. The van der Waals surface area contributed by atoms with Crippen LogP contribution in [0.1, 0.15) is 29.5 Å². The van der Waals surface area contributed by atoms with Gasteiger partial charge < -0.3 is 20.4 Å². The molecule has 5 rings (SSSR count). The van der Waals surface area contributed by atoms with E-state index in [9.17, 15) is 9.59 Å². The van der Waals surface area contributed by atoms with Crippen LogP contribution in [0.15, 0.2) is 97.1 Å². The Morgan fingerprint density at radius 1 is 0.952 bits per heavy atom. The first-order valence-electron chi connectivity index (χ1n) is 14.2.